The minimum absolute atomic E-state index is 0.00780. The van der Waals surface area contributed by atoms with Crippen LogP contribution in [0.5, 0.6) is 5.75 Å². The van der Waals surface area contributed by atoms with Crippen LogP contribution in [0, 0.1) is 23.1 Å². The van der Waals surface area contributed by atoms with Crippen LogP contribution in [0.1, 0.15) is 94.1 Å². The number of nitrogens with zero attached hydrogens (tertiary/aromatic N) is 4. The number of carbonyl (C=O) groups excluding carboxylic acids is 1. The average molecular weight is 812 g/mol. The van der Waals surface area contributed by atoms with E-state index in [0.29, 0.717) is 22.9 Å². The van der Waals surface area contributed by atoms with Crippen LogP contribution in [0.15, 0.2) is 35.6 Å². The van der Waals surface area contributed by atoms with Crippen LogP contribution in [0.2, 0.25) is 16.6 Å². The average Bonchev–Trinajstić information content (AvgIpc) is 3.09. The van der Waals surface area contributed by atoms with E-state index in [2.05, 4.69) is 73.4 Å². The molecule has 11 nitrogen and oxygen atoms in total. The summed E-state index contributed by atoms with van der Waals surface area (Å²) < 4.78 is 75.7. The Balaban J connectivity index is 2.07. The van der Waals surface area contributed by atoms with Gasteiger partial charge in [0.15, 0.2) is 18.4 Å². The summed E-state index contributed by atoms with van der Waals surface area (Å²) in [5.41, 5.74) is 6.01. The van der Waals surface area contributed by atoms with Crippen molar-refractivity contribution < 1.29 is 36.2 Å². The van der Waals surface area contributed by atoms with Crippen LogP contribution < -0.4 is 10.2 Å². The molecule has 2 aromatic carbocycles. The molecule has 1 N–H and O–H groups in total. The van der Waals surface area contributed by atoms with Crippen molar-refractivity contribution in [2.45, 2.75) is 116 Å². The summed E-state index contributed by atoms with van der Waals surface area (Å²) in [6, 6.07) is 6.10. The fourth-order valence-corrected chi connectivity index (χ4v) is 12.9. The summed E-state index contributed by atoms with van der Waals surface area (Å²) in [6.07, 6.45) is 3.71. The van der Waals surface area contributed by atoms with Gasteiger partial charge in [-0.25, -0.2) is 32.0 Å². The van der Waals surface area contributed by atoms with Gasteiger partial charge in [0.05, 0.1) is 10.9 Å². The summed E-state index contributed by atoms with van der Waals surface area (Å²) in [6.45, 7) is 20.2. The number of hydrogen-bond donors (Lipinski definition) is 1. The highest BCUT2D eigenvalue weighted by molar-refractivity contribution is 7.90. The molecule has 2 heterocycles. The Morgan fingerprint density at radius 2 is 1.68 bits per heavy atom. The Labute approximate surface area is 330 Å². The predicted molar refractivity (Wildman–Crippen MR) is 220 cm³/mol. The van der Waals surface area contributed by atoms with Crippen molar-refractivity contribution >= 4 is 51.5 Å². The Hall–Kier alpha value is -4.39. The van der Waals surface area contributed by atoms with Gasteiger partial charge in [0, 0.05) is 37.1 Å². The summed E-state index contributed by atoms with van der Waals surface area (Å²) in [5, 5.41) is 1.29. The first-order chi connectivity index (χ1) is 26.2. The summed E-state index contributed by atoms with van der Waals surface area (Å²) in [4.78, 5) is 26.2. The van der Waals surface area contributed by atoms with Crippen LogP contribution in [-0.2, 0) is 19.3 Å². The van der Waals surface area contributed by atoms with Crippen LogP contribution in [-0.4, -0.2) is 74.9 Å². The summed E-state index contributed by atoms with van der Waals surface area (Å²) in [7, 11) is -4.99. The third-order valence-corrected chi connectivity index (χ3v) is 16.9. The number of benzene rings is 2. The maximum Gasteiger partial charge on any atom is 0.429 e. The molecule has 2 aromatic heterocycles. The first-order valence-corrected chi connectivity index (χ1v) is 23.0. The smallest absolute Gasteiger partial charge is 0.429 e. The fraction of sp³-hybridized carbons (Fsp3) is 0.512. The molecule has 0 aliphatic heterocycles. The number of pyridine rings is 1. The molecular formula is C41H55F2N5O6SSi. The van der Waals surface area contributed by atoms with Crippen molar-refractivity contribution in [1.29, 1.82) is 0 Å². The highest BCUT2D eigenvalue weighted by Gasteiger charge is 2.42. The number of hydrogen-bond acceptors (Lipinski definition) is 10. The third kappa shape index (κ3) is 9.76. The lowest BCUT2D eigenvalue weighted by Gasteiger charge is -2.38. The normalized spacial score (nSPS) is 12.4. The number of hydrazine groups is 1. The number of rotatable bonds is 14. The standard InChI is InChI=1S/C41H55F2N5O6SSi/c1-13-14-15-19-48(40(49)54-41(8,9)10)47-38-32-23-44-36(35(43)37(32)45-39(46-38)55(12,50)51)31-22-29(53-24-52-11)21-28-16-17-33(42)30(34(28)31)18-20-56(25(2)3,26(4)5)27(6)7/h16-17,21-23,25-27H,13-15,19,24H2,1-12H3,(H,45,46,47). The molecular weight excluding hydrogens is 757 g/mol. The molecule has 15 heteroatoms. The molecule has 0 saturated heterocycles. The van der Waals surface area contributed by atoms with Crippen molar-refractivity contribution in [2.75, 3.05) is 32.1 Å². The molecule has 0 saturated carbocycles. The zero-order chi connectivity index (χ0) is 41.7. The van der Waals surface area contributed by atoms with Crippen molar-refractivity contribution in [2.24, 2.45) is 0 Å². The molecule has 0 spiro atoms. The van der Waals surface area contributed by atoms with Gasteiger partial charge in [-0.2, -0.15) is 4.98 Å². The largest absolute Gasteiger partial charge is 0.468 e. The quantitative estimate of drug-likeness (QED) is 0.0328. The van der Waals surface area contributed by atoms with Gasteiger partial charge in [0.2, 0.25) is 15.0 Å². The van der Waals surface area contributed by atoms with Crippen molar-refractivity contribution in [3.05, 3.63) is 47.7 Å². The highest BCUT2D eigenvalue weighted by Crippen LogP contribution is 2.42. The van der Waals surface area contributed by atoms with E-state index in [1.807, 2.05) is 6.92 Å². The second-order valence-electron chi connectivity index (χ2n) is 16.0. The monoisotopic (exact) mass is 811 g/mol. The molecule has 0 bridgehead atoms. The third-order valence-electron chi connectivity index (χ3n) is 9.74. The van der Waals surface area contributed by atoms with Crippen LogP contribution in [0.3, 0.4) is 0 Å². The van der Waals surface area contributed by atoms with Crippen molar-refractivity contribution in [3.63, 3.8) is 0 Å². The van der Waals surface area contributed by atoms with Gasteiger partial charge in [-0.15, -0.1) is 5.54 Å². The van der Waals surface area contributed by atoms with Gasteiger partial charge in [0.25, 0.3) is 0 Å². The molecule has 0 aliphatic carbocycles. The lowest BCUT2D eigenvalue weighted by atomic mass is 9.95. The SMILES string of the molecule is CCCCCN(Nc1nc(S(C)(=O)=O)nc2c(F)c(-c3cc(OCOC)cc4ccc(F)c(C#C[Si](C(C)C)(C(C)C)C(C)C)c34)ncc12)C(=O)OC(C)(C)C. The lowest BCUT2D eigenvalue weighted by molar-refractivity contribution is 0.0293. The van der Waals surface area contributed by atoms with E-state index in [1.54, 1.807) is 32.9 Å². The topological polar surface area (TPSA) is 133 Å². The van der Waals surface area contributed by atoms with E-state index in [-0.39, 0.29) is 58.0 Å². The minimum atomic E-state index is -4.11. The number of sulfone groups is 1. The van der Waals surface area contributed by atoms with Gasteiger partial charge in [-0.05, 0) is 67.4 Å². The second kappa shape index (κ2) is 17.8. The zero-order valence-electron chi connectivity index (χ0n) is 34.6. The number of anilines is 1. The Kier molecular flexibility index (Phi) is 14.1. The Morgan fingerprint density at radius 3 is 2.25 bits per heavy atom. The first-order valence-electron chi connectivity index (χ1n) is 18.9. The first kappa shape index (κ1) is 44.3. The van der Waals surface area contributed by atoms with E-state index in [4.69, 9.17) is 14.2 Å². The van der Waals surface area contributed by atoms with Gasteiger partial charge < -0.3 is 14.2 Å². The molecule has 0 radical (unpaired) electrons. The number of amides is 1. The number of carbonyl (C=O) groups is 1. The zero-order valence-corrected chi connectivity index (χ0v) is 36.4. The number of unbranched alkanes of at least 4 members (excludes halogenated alkanes) is 2. The van der Waals surface area contributed by atoms with E-state index in [0.717, 1.165) is 19.1 Å². The maximum atomic E-state index is 17.2. The number of halogens is 2. The summed E-state index contributed by atoms with van der Waals surface area (Å²) in [5.74, 6) is 1.76. The number of methoxy groups -OCH3 is 1. The molecule has 0 atom stereocenters. The molecule has 4 rings (SSSR count). The molecule has 304 valence electrons. The van der Waals surface area contributed by atoms with Gasteiger partial charge >= 0.3 is 6.09 Å². The molecule has 0 aliphatic rings. The van der Waals surface area contributed by atoms with Gasteiger partial charge in [-0.3, -0.25) is 10.4 Å². The molecule has 56 heavy (non-hydrogen) atoms. The van der Waals surface area contributed by atoms with Gasteiger partial charge in [0.1, 0.15) is 36.5 Å². The summed E-state index contributed by atoms with van der Waals surface area (Å²) >= 11 is 0. The van der Waals surface area contributed by atoms with Crippen molar-refractivity contribution in [1.82, 2.24) is 20.0 Å². The Morgan fingerprint density at radius 1 is 1.02 bits per heavy atom. The van der Waals surface area contributed by atoms with Crippen LogP contribution >= 0.6 is 0 Å². The number of aromatic nitrogens is 3. The van der Waals surface area contributed by atoms with E-state index in [1.165, 1.54) is 30.4 Å². The lowest BCUT2D eigenvalue weighted by Crippen LogP contribution is -2.43. The molecule has 4 aromatic rings. The fourth-order valence-electron chi connectivity index (χ4n) is 7.17. The number of ether oxygens (including phenoxy) is 3. The predicted octanol–water partition coefficient (Wildman–Crippen LogP) is 9.83. The number of nitrogens with one attached hydrogen (secondary N) is 1. The van der Waals surface area contributed by atoms with Crippen LogP contribution in [0.4, 0.5) is 19.4 Å². The van der Waals surface area contributed by atoms with E-state index in [9.17, 15) is 13.2 Å². The van der Waals surface area contributed by atoms with Gasteiger partial charge in [-0.1, -0.05) is 73.3 Å². The molecule has 1 amide bonds. The highest BCUT2D eigenvalue weighted by atomic mass is 32.2. The van der Waals surface area contributed by atoms with Crippen LogP contribution in [0.25, 0.3) is 32.9 Å². The van der Waals surface area contributed by atoms with E-state index < -0.39 is 51.9 Å². The molecule has 0 unspecified atom stereocenters. The molecule has 0 fully saturated rings. The minimum Gasteiger partial charge on any atom is -0.468 e. The second-order valence-corrected chi connectivity index (χ2v) is 23.4. The Bertz CT molecular complexity index is 2230. The van der Waals surface area contributed by atoms with E-state index >= 15 is 8.78 Å². The maximum absolute atomic E-state index is 17.2. The number of fused-ring (bicyclic) bond motifs is 2. The van der Waals surface area contributed by atoms with Crippen molar-refractivity contribution in [3.8, 4) is 28.5 Å².